The minimum Gasteiger partial charge on any atom is -0.505 e. The van der Waals surface area contributed by atoms with Crippen molar-refractivity contribution in [3.8, 4) is 22.9 Å². The number of hydrogen-bond acceptors (Lipinski definition) is 5. The molecule has 0 unspecified atom stereocenters. The molecule has 3 aromatic rings. The van der Waals surface area contributed by atoms with E-state index in [1.807, 2.05) is 30.3 Å². The molecule has 0 fully saturated rings. The number of aromatic hydroxyl groups is 2. The van der Waals surface area contributed by atoms with Crippen LogP contribution >= 0.6 is 0 Å². The Morgan fingerprint density at radius 2 is 1.48 bits per heavy atom. The molecule has 0 bridgehead atoms. The van der Waals surface area contributed by atoms with Crippen molar-refractivity contribution in [3.05, 3.63) is 48.7 Å². The lowest BCUT2D eigenvalue weighted by atomic mass is 10.1. The molecule has 0 atom stereocenters. The van der Waals surface area contributed by atoms with Crippen LogP contribution in [0.15, 0.2) is 48.7 Å². The van der Waals surface area contributed by atoms with E-state index in [4.69, 9.17) is 4.74 Å². The molecule has 0 radical (unpaired) electrons. The third kappa shape index (κ3) is 5.73. The SMILES string of the molecule is CCCCCCCCCC=COc1cc(O)c(-n2nc3ccccc3n2)c(O)c1. The number of phenols is 2. The number of nitrogens with zero attached hydrogens (tertiary/aromatic N) is 3. The van der Waals surface area contributed by atoms with E-state index in [0.717, 1.165) is 12.8 Å². The van der Waals surface area contributed by atoms with Gasteiger partial charge in [0, 0.05) is 12.1 Å². The van der Waals surface area contributed by atoms with Crippen molar-refractivity contribution in [2.45, 2.75) is 58.3 Å². The molecular weight excluding hydrogens is 366 g/mol. The first-order chi connectivity index (χ1) is 14.2. The third-order valence-corrected chi connectivity index (χ3v) is 4.80. The topological polar surface area (TPSA) is 80.4 Å². The molecule has 0 aliphatic heterocycles. The summed E-state index contributed by atoms with van der Waals surface area (Å²) in [7, 11) is 0. The summed E-state index contributed by atoms with van der Waals surface area (Å²) in [5, 5.41) is 29.3. The summed E-state index contributed by atoms with van der Waals surface area (Å²) in [6.45, 7) is 2.23. The number of unbranched alkanes of at least 4 members (excludes halogenated alkanes) is 7. The Kier molecular flexibility index (Phi) is 7.50. The fourth-order valence-electron chi connectivity index (χ4n) is 3.23. The van der Waals surface area contributed by atoms with Gasteiger partial charge in [0.25, 0.3) is 0 Å². The van der Waals surface area contributed by atoms with E-state index in [1.54, 1.807) is 6.26 Å². The first-order valence-electron chi connectivity index (χ1n) is 10.4. The van der Waals surface area contributed by atoms with Crippen LogP contribution < -0.4 is 4.74 Å². The number of hydrogen-bond donors (Lipinski definition) is 2. The normalized spacial score (nSPS) is 11.5. The molecule has 3 rings (SSSR count). The maximum absolute atomic E-state index is 10.3. The van der Waals surface area contributed by atoms with Gasteiger partial charge in [-0.25, -0.2) is 0 Å². The molecule has 6 nitrogen and oxygen atoms in total. The number of allylic oxidation sites excluding steroid dienone is 1. The monoisotopic (exact) mass is 395 g/mol. The minimum absolute atomic E-state index is 0.126. The van der Waals surface area contributed by atoms with Crippen LogP contribution in [0, 0.1) is 0 Å². The summed E-state index contributed by atoms with van der Waals surface area (Å²) < 4.78 is 5.53. The second kappa shape index (κ2) is 10.5. The quantitative estimate of drug-likeness (QED) is 0.314. The summed E-state index contributed by atoms with van der Waals surface area (Å²) in [6.07, 6.45) is 13.4. The second-order valence-electron chi connectivity index (χ2n) is 7.19. The Bertz CT molecular complexity index is 893. The summed E-state index contributed by atoms with van der Waals surface area (Å²) in [5.74, 6) is 0.0536. The van der Waals surface area contributed by atoms with Crippen molar-refractivity contribution in [2.75, 3.05) is 0 Å². The highest BCUT2D eigenvalue weighted by Crippen LogP contribution is 2.35. The summed E-state index contributed by atoms with van der Waals surface area (Å²) in [5.41, 5.74) is 1.49. The van der Waals surface area contributed by atoms with Gasteiger partial charge >= 0.3 is 0 Å². The van der Waals surface area contributed by atoms with Gasteiger partial charge in [-0.2, -0.15) is 0 Å². The van der Waals surface area contributed by atoms with Gasteiger partial charge in [0.1, 0.15) is 16.8 Å². The molecule has 29 heavy (non-hydrogen) atoms. The van der Waals surface area contributed by atoms with E-state index >= 15 is 0 Å². The van der Waals surface area contributed by atoms with Gasteiger partial charge in [-0.05, 0) is 31.1 Å². The number of benzene rings is 2. The zero-order chi connectivity index (χ0) is 20.5. The number of aromatic nitrogens is 3. The zero-order valence-electron chi connectivity index (χ0n) is 16.9. The Labute approximate surface area is 171 Å². The van der Waals surface area contributed by atoms with E-state index in [0.29, 0.717) is 16.8 Å². The van der Waals surface area contributed by atoms with Crippen LogP contribution in [-0.4, -0.2) is 25.2 Å². The van der Waals surface area contributed by atoms with Crippen LogP contribution in [-0.2, 0) is 0 Å². The summed E-state index contributed by atoms with van der Waals surface area (Å²) in [4.78, 5) is 1.23. The van der Waals surface area contributed by atoms with Gasteiger partial charge in [0.2, 0.25) is 0 Å². The predicted octanol–water partition coefficient (Wildman–Crippen LogP) is 5.86. The molecule has 2 aromatic carbocycles. The number of rotatable bonds is 11. The standard InChI is InChI=1S/C23H29N3O3/c1-2-3-4-5-6-7-8-9-12-15-29-18-16-21(27)23(22(28)17-18)26-24-19-13-10-11-14-20(19)25-26/h10-17,27-28H,2-9H2,1H3. The molecule has 0 saturated heterocycles. The predicted molar refractivity (Wildman–Crippen MR) is 115 cm³/mol. The number of ether oxygens (including phenoxy) is 1. The van der Waals surface area contributed by atoms with Crippen molar-refractivity contribution in [3.63, 3.8) is 0 Å². The molecule has 1 heterocycles. The van der Waals surface area contributed by atoms with E-state index in [2.05, 4.69) is 17.1 Å². The number of fused-ring (bicyclic) bond motifs is 1. The molecule has 0 spiro atoms. The van der Waals surface area contributed by atoms with Crippen LogP contribution in [0.3, 0.4) is 0 Å². The van der Waals surface area contributed by atoms with Crippen molar-refractivity contribution in [1.29, 1.82) is 0 Å². The lowest BCUT2D eigenvalue weighted by Gasteiger charge is -2.08. The largest absolute Gasteiger partial charge is 0.505 e. The van der Waals surface area contributed by atoms with Gasteiger partial charge in [-0.1, -0.05) is 57.6 Å². The average molecular weight is 396 g/mol. The van der Waals surface area contributed by atoms with Crippen molar-refractivity contribution in [1.82, 2.24) is 15.0 Å². The lowest BCUT2D eigenvalue weighted by molar-refractivity contribution is 0.422. The Morgan fingerprint density at radius 1 is 0.897 bits per heavy atom. The highest BCUT2D eigenvalue weighted by molar-refractivity contribution is 5.74. The highest BCUT2D eigenvalue weighted by Gasteiger charge is 2.15. The Morgan fingerprint density at radius 3 is 2.10 bits per heavy atom. The molecule has 2 N–H and O–H groups in total. The van der Waals surface area contributed by atoms with Gasteiger partial charge in [-0.3, -0.25) is 0 Å². The van der Waals surface area contributed by atoms with Crippen LogP contribution in [0.5, 0.6) is 17.2 Å². The molecule has 0 saturated carbocycles. The fourth-order valence-corrected chi connectivity index (χ4v) is 3.23. The highest BCUT2D eigenvalue weighted by atomic mass is 16.5. The molecule has 154 valence electrons. The van der Waals surface area contributed by atoms with Gasteiger partial charge in [0.05, 0.1) is 6.26 Å². The smallest absolute Gasteiger partial charge is 0.169 e. The first kappa shape index (κ1) is 20.7. The van der Waals surface area contributed by atoms with Gasteiger partial charge in [0.15, 0.2) is 17.2 Å². The minimum atomic E-state index is -0.152. The van der Waals surface area contributed by atoms with E-state index in [9.17, 15) is 10.2 Å². The van der Waals surface area contributed by atoms with Crippen LogP contribution in [0.2, 0.25) is 0 Å². The fraction of sp³-hybridized carbons (Fsp3) is 0.391. The van der Waals surface area contributed by atoms with Crippen molar-refractivity contribution < 1.29 is 14.9 Å². The molecule has 0 aliphatic carbocycles. The van der Waals surface area contributed by atoms with E-state index in [-0.39, 0.29) is 17.2 Å². The molecule has 0 amide bonds. The molecule has 6 heteroatoms. The van der Waals surface area contributed by atoms with Gasteiger partial charge in [-0.15, -0.1) is 15.0 Å². The maximum Gasteiger partial charge on any atom is 0.169 e. The third-order valence-electron chi connectivity index (χ3n) is 4.80. The van der Waals surface area contributed by atoms with Crippen LogP contribution in [0.1, 0.15) is 58.3 Å². The van der Waals surface area contributed by atoms with Crippen molar-refractivity contribution in [2.24, 2.45) is 0 Å². The second-order valence-corrected chi connectivity index (χ2v) is 7.19. The van der Waals surface area contributed by atoms with E-state index < -0.39 is 0 Å². The first-order valence-corrected chi connectivity index (χ1v) is 10.4. The summed E-state index contributed by atoms with van der Waals surface area (Å²) >= 11 is 0. The molecular formula is C23H29N3O3. The van der Waals surface area contributed by atoms with Crippen LogP contribution in [0.4, 0.5) is 0 Å². The molecule has 1 aromatic heterocycles. The van der Waals surface area contributed by atoms with Gasteiger partial charge < -0.3 is 14.9 Å². The van der Waals surface area contributed by atoms with Crippen LogP contribution in [0.25, 0.3) is 16.7 Å². The lowest BCUT2D eigenvalue weighted by Crippen LogP contribution is -2.00. The maximum atomic E-state index is 10.3. The summed E-state index contributed by atoms with van der Waals surface area (Å²) in [6, 6.07) is 10.2. The van der Waals surface area contributed by atoms with E-state index in [1.165, 1.54) is 55.5 Å². The zero-order valence-corrected chi connectivity index (χ0v) is 16.9. The molecule has 0 aliphatic rings. The van der Waals surface area contributed by atoms with Crippen molar-refractivity contribution >= 4 is 11.0 Å². The average Bonchev–Trinajstić information content (AvgIpc) is 3.12. The Hall–Kier alpha value is -3.02. The Balaban J connectivity index is 1.53. The number of phenolic OH excluding ortho intramolecular Hbond substituents is 2.